The summed E-state index contributed by atoms with van der Waals surface area (Å²) in [5, 5.41) is 16.4. The van der Waals surface area contributed by atoms with Crippen molar-refractivity contribution in [3.05, 3.63) is 78.1 Å². The Labute approximate surface area is 143 Å². The van der Waals surface area contributed by atoms with Crippen molar-refractivity contribution in [2.75, 3.05) is 6.54 Å². The second kappa shape index (κ2) is 7.56. The molecule has 1 aromatic heterocycles. The van der Waals surface area contributed by atoms with Crippen molar-refractivity contribution in [1.29, 1.82) is 0 Å². The minimum atomic E-state index is -0.535. The Hall–Kier alpha value is -2.23. The molecule has 0 aliphatic carbocycles. The Morgan fingerprint density at radius 1 is 0.958 bits per heavy atom. The lowest BCUT2D eigenvalue weighted by atomic mass is 9.96. The largest absolute Gasteiger partial charge is 0.387 e. The molecule has 2 aromatic carbocycles. The molecule has 0 spiro atoms. The topological polar surface area (TPSA) is 45.1 Å². The van der Waals surface area contributed by atoms with Gasteiger partial charge in [-0.15, -0.1) is 0 Å². The zero-order valence-corrected chi connectivity index (χ0v) is 14.2. The van der Waals surface area contributed by atoms with Gasteiger partial charge < -0.3 is 10.4 Å². The lowest BCUT2D eigenvalue weighted by Crippen LogP contribution is -2.30. The maximum absolute atomic E-state index is 10.6. The average molecular weight is 320 g/mol. The van der Waals surface area contributed by atoms with Gasteiger partial charge in [-0.3, -0.25) is 4.98 Å². The second-order valence-corrected chi connectivity index (χ2v) is 6.54. The van der Waals surface area contributed by atoms with E-state index < -0.39 is 6.10 Å². The normalized spacial score (nSPS) is 14.0. The Bertz CT molecular complexity index is 786. The highest BCUT2D eigenvalue weighted by atomic mass is 16.3. The molecule has 24 heavy (non-hydrogen) atoms. The van der Waals surface area contributed by atoms with Crippen molar-refractivity contribution in [1.82, 2.24) is 10.3 Å². The molecule has 0 bridgehead atoms. The van der Waals surface area contributed by atoms with Gasteiger partial charge in [0, 0.05) is 25.0 Å². The van der Waals surface area contributed by atoms with Crippen LogP contribution in [0.1, 0.15) is 37.1 Å². The highest BCUT2D eigenvalue weighted by Crippen LogP contribution is 2.23. The molecule has 0 aliphatic rings. The van der Waals surface area contributed by atoms with Gasteiger partial charge in [-0.2, -0.15) is 0 Å². The summed E-state index contributed by atoms with van der Waals surface area (Å²) in [5.41, 5.74) is 2.09. The van der Waals surface area contributed by atoms with Crippen LogP contribution in [-0.2, 0) is 0 Å². The van der Waals surface area contributed by atoms with E-state index in [4.69, 9.17) is 0 Å². The quantitative estimate of drug-likeness (QED) is 0.713. The summed E-state index contributed by atoms with van der Waals surface area (Å²) in [7, 11) is 0. The first-order valence-corrected chi connectivity index (χ1v) is 8.45. The minimum Gasteiger partial charge on any atom is -0.387 e. The number of aliphatic hydroxyl groups is 1. The Balaban J connectivity index is 1.72. The predicted octanol–water partition coefficient (Wildman–Crippen LogP) is 4.26. The Morgan fingerprint density at radius 3 is 2.46 bits per heavy atom. The van der Waals surface area contributed by atoms with E-state index in [9.17, 15) is 5.11 Å². The van der Waals surface area contributed by atoms with Gasteiger partial charge in [0.2, 0.25) is 0 Å². The molecule has 3 heteroatoms. The first kappa shape index (κ1) is 16.6. The van der Waals surface area contributed by atoms with Crippen LogP contribution in [0.4, 0.5) is 0 Å². The molecule has 2 N–H and O–H groups in total. The van der Waals surface area contributed by atoms with E-state index >= 15 is 0 Å². The molecule has 0 saturated carbocycles. The van der Waals surface area contributed by atoms with E-state index in [-0.39, 0.29) is 6.04 Å². The molecule has 1 heterocycles. The first-order chi connectivity index (χ1) is 11.6. The predicted molar refractivity (Wildman–Crippen MR) is 98.7 cm³/mol. The highest BCUT2D eigenvalue weighted by molar-refractivity contribution is 5.83. The SMILES string of the molecule is CC(C)C(NCC(O)c1ccc2ccccc2c1)c1cccnc1. The lowest BCUT2D eigenvalue weighted by Gasteiger charge is -2.24. The van der Waals surface area contributed by atoms with E-state index in [2.05, 4.69) is 54.5 Å². The fourth-order valence-electron chi connectivity index (χ4n) is 3.07. The number of hydrogen-bond donors (Lipinski definition) is 2. The van der Waals surface area contributed by atoms with E-state index in [1.807, 2.05) is 30.5 Å². The average Bonchev–Trinajstić information content (AvgIpc) is 2.62. The summed E-state index contributed by atoms with van der Waals surface area (Å²) in [5.74, 6) is 0.415. The molecular weight excluding hydrogens is 296 g/mol. The Kier molecular flexibility index (Phi) is 5.24. The summed E-state index contributed by atoms with van der Waals surface area (Å²) >= 11 is 0. The third-order valence-corrected chi connectivity index (χ3v) is 4.40. The van der Waals surface area contributed by atoms with Crippen LogP contribution in [0.25, 0.3) is 10.8 Å². The monoisotopic (exact) mass is 320 g/mol. The fourth-order valence-corrected chi connectivity index (χ4v) is 3.07. The van der Waals surface area contributed by atoms with Crippen molar-refractivity contribution >= 4 is 10.8 Å². The molecule has 2 atom stereocenters. The number of aromatic nitrogens is 1. The van der Waals surface area contributed by atoms with Crippen LogP contribution >= 0.6 is 0 Å². The lowest BCUT2D eigenvalue weighted by molar-refractivity contribution is 0.166. The molecule has 3 rings (SSSR count). The number of nitrogens with one attached hydrogen (secondary N) is 1. The van der Waals surface area contributed by atoms with Gasteiger partial charge in [0.25, 0.3) is 0 Å². The van der Waals surface area contributed by atoms with Crippen molar-refractivity contribution in [2.24, 2.45) is 5.92 Å². The van der Waals surface area contributed by atoms with Crippen LogP contribution in [-0.4, -0.2) is 16.6 Å². The van der Waals surface area contributed by atoms with Gasteiger partial charge in [0.15, 0.2) is 0 Å². The number of pyridine rings is 1. The van der Waals surface area contributed by atoms with Crippen LogP contribution in [0, 0.1) is 5.92 Å². The number of nitrogens with zero attached hydrogens (tertiary/aromatic N) is 1. The zero-order chi connectivity index (χ0) is 16.9. The van der Waals surface area contributed by atoms with Crippen LogP contribution < -0.4 is 5.32 Å². The van der Waals surface area contributed by atoms with Gasteiger partial charge >= 0.3 is 0 Å². The number of rotatable bonds is 6. The molecule has 0 saturated heterocycles. The van der Waals surface area contributed by atoms with E-state index in [0.29, 0.717) is 12.5 Å². The minimum absolute atomic E-state index is 0.175. The molecule has 3 aromatic rings. The van der Waals surface area contributed by atoms with E-state index in [1.54, 1.807) is 6.20 Å². The summed E-state index contributed by atoms with van der Waals surface area (Å²) in [4.78, 5) is 4.20. The fraction of sp³-hybridized carbons (Fsp3) is 0.286. The molecule has 0 fully saturated rings. The molecule has 2 unspecified atom stereocenters. The molecule has 3 nitrogen and oxygen atoms in total. The van der Waals surface area contributed by atoms with Gasteiger partial charge in [0.05, 0.1) is 6.10 Å². The van der Waals surface area contributed by atoms with Gasteiger partial charge in [-0.1, -0.05) is 56.3 Å². The van der Waals surface area contributed by atoms with Crippen molar-refractivity contribution in [3.8, 4) is 0 Å². The number of fused-ring (bicyclic) bond motifs is 1. The standard InChI is InChI=1S/C21H24N2O/c1-15(2)21(19-8-5-11-22-13-19)23-14-20(24)18-10-9-16-6-3-4-7-17(16)12-18/h3-13,15,20-21,23-24H,14H2,1-2H3. The molecule has 0 radical (unpaired) electrons. The summed E-state index contributed by atoms with van der Waals surface area (Å²) in [6.07, 6.45) is 3.14. The van der Waals surface area contributed by atoms with Gasteiger partial charge in [-0.05, 0) is 39.9 Å². The third kappa shape index (κ3) is 3.81. The maximum Gasteiger partial charge on any atom is 0.0914 e. The van der Waals surface area contributed by atoms with Crippen LogP contribution in [0.15, 0.2) is 67.0 Å². The smallest absolute Gasteiger partial charge is 0.0914 e. The van der Waals surface area contributed by atoms with E-state index in [0.717, 1.165) is 16.5 Å². The first-order valence-electron chi connectivity index (χ1n) is 8.45. The van der Waals surface area contributed by atoms with E-state index in [1.165, 1.54) is 5.39 Å². The summed E-state index contributed by atoms with van der Waals surface area (Å²) in [6.45, 7) is 4.86. The van der Waals surface area contributed by atoms with Crippen LogP contribution in [0.2, 0.25) is 0 Å². The molecular formula is C21H24N2O. The second-order valence-electron chi connectivity index (χ2n) is 6.54. The number of hydrogen-bond acceptors (Lipinski definition) is 3. The maximum atomic E-state index is 10.6. The van der Waals surface area contributed by atoms with Crippen molar-refractivity contribution in [3.63, 3.8) is 0 Å². The van der Waals surface area contributed by atoms with Crippen molar-refractivity contribution < 1.29 is 5.11 Å². The molecule has 0 amide bonds. The molecule has 124 valence electrons. The summed E-state index contributed by atoms with van der Waals surface area (Å²) < 4.78 is 0. The van der Waals surface area contributed by atoms with Crippen LogP contribution in [0.5, 0.6) is 0 Å². The van der Waals surface area contributed by atoms with Gasteiger partial charge in [-0.25, -0.2) is 0 Å². The zero-order valence-electron chi connectivity index (χ0n) is 14.2. The number of aliphatic hydroxyl groups excluding tert-OH is 1. The highest BCUT2D eigenvalue weighted by Gasteiger charge is 2.17. The molecule has 0 aliphatic heterocycles. The van der Waals surface area contributed by atoms with Crippen LogP contribution in [0.3, 0.4) is 0 Å². The summed E-state index contributed by atoms with van der Waals surface area (Å²) in [6, 6.07) is 18.5. The van der Waals surface area contributed by atoms with Gasteiger partial charge in [0.1, 0.15) is 0 Å². The third-order valence-electron chi connectivity index (χ3n) is 4.40. The number of benzene rings is 2. The Morgan fingerprint density at radius 2 is 1.75 bits per heavy atom. The van der Waals surface area contributed by atoms with Crippen molar-refractivity contribution in [2.45, 2.75) is 26.0 Å².